The van der Waals surface area contributed by atoms with Gasteiger partial charge in [0.25, 0.3) is 0 Å². The lowest BCUT2D eigenvalue weighted by Gasteiger charge is -2.46. The van der Waals surface area contributed by atoms with Gasteiger partial charge in [-0.05, 0) is 5.41 Å². The van der Waals surface area contributed by atoms with Crippen LogP contribution in [0.4, 0.5) is 0 Å². The lowest BCUT2D eigenvalue weighted by Crippen LogP contribution is -2.57. The van der Waals surface area contributed by atoms with E-state index in [0.29, 0.717) is 0 Å². The minimum Gasteiger partial charge on any atom is -0.369 e. The van der Waals surface area contributed by atoms with Crippen LogP contribution in [-0.4, -0.2) is 26.0 Å². The van der Waals surface area contributed by atoms with Crippen LogP contribution in [0, 0.1) is 16.7 Å². The van der Waals surface area contributed by atoms with Gasteiger partial charge in [-0.1, -0.05) is 38.2 Å². The van der Waals surface area contributed by atoms with Crippen LogP contribution >= 0.6 is 0 Å². The SMILES string of the molecule is CC(C)(CS(N)(=O)=O)C1(C(N)=O)C=CC=CC1C(N)=O. The molecule has 1 rings (SSSR count). The first-order chi connectivity index (χ1) is 8.94. The average Bonchev–Trinajstić information content (AvgIpc) is 2.24. The molecule has 0 saturated heterocycles. The van der Waals surface area contributed by atoms with Crippen molar-refractivity contribution in [3.8, 4) is 0 Å². The van der Waals surface area contributed by atoms with E-state index in [2.05, 4.69) is 0 Å². The van der Waals surface area contributed by atoms with Gasteiger partial charge in [0.05, 0.1) is 17.1 Å². The van der Waals surface area contributed by atoms with Crippen molar-refractivity contribution in [3.63, 3.8) is 0 Å². The number of carbonyl (C=O) groups excluding carboxylic acids is 2. The number of carbonyl (C=O) groups is 2. The summed E-state index contributed by atoms with van der Waals surface area (Å²) in [6, 6.07) is 0. The molecule has 0 aliphatic heterocycles. The van der Waals surface area contributed by atoms with Crippen molar-refractivity contribution in [2.24, 2.45) is 33.4 Å². The molecule has 2 atom stereocenters. The summed E-state index contributed by atoms with van der Waals surface area (Å²) in [6.45, 7) is 3.03. The Morgan fingerprint density at radius 3 is 2.20 bits per heavy atom. The summed E-state index contributed by atoms with van der Waals surface area (Å²) in [5.74, 6) is -3.12. The zero-order chi connectivity index (χ0) is 15.8. The summed E-state index contributed by atoms with van der Waals surface area (Å²) in [5, 5.41) is 5.07. The average molecular weight is 301 g/mol. The van der Waals surface area contributed by atoms with E-state index in [1.807, 2.05) is 0 Å². The molecule has 0 saturated carbocycles. The van der Waals surface area contributed by atoms with Crippen LogP contribution in [0.1, 0.15) is 13.8 Å². The fourth-order valence-corrected chi connectivity index (χ4v) is 4.04. The van der Waals surface area contributed by atoms with E-state index in [0.717, 1.165) is 0 Å². The monoisotopic (exact) mass is 301 g/mol. The van der Waals surface area contributed by atoms with Gasteiger partial charge in [0.15, 0.2) is 0 Å². The van der Waals surface area contributed by atoms with Gasteiger partial charge in [-0.2, -0.15) is 0 Å². The number of hydrogen-bond acceptors (Lipinski definition) is 4. The maximum absolute atomic E-state index is 12.0. The standard InChI is InChI=1S/C12H19N3O4S/c1-11(2,7-20(15,18)19)12(10(14)17)6-4-3-5-8(12)9(13)16/h3-6,8H,7H2,1-2H3,(H2,13,16)(H2,14,17)(H2,15,18,19). The van der Waals surface area contributed by atoms with Crippen molar-refractivity contribution in [1.82, 2.24) is 0 Å². The third-order valence-corrected chi connectivity index (χ3v) is 4.78. The predicted octanol–water partition coefficient (Wildman–Crippen LogP) is -1.000. The number of allylic oxidation sites excluding steroid dienone is 2. The largest absolute Gasteiger partial charge is 0.369 e. The van der Waals surface area contributed by atoms with Gasteiger partial charge in [-0.15, -0.1) is 0 Å². The van der Waals surface area contributed by atoms with E-state index in [9.17, 15) is 18.0 Å². The summed E-state index contributed by atoms with van der Waals surface area (Å²) in [4.78, 5) is 23.7. The number of primary sulfonamides is 1. The molecule has 0 fully saturated rings. The Morgan fingerprint density at radius 2 is 1.80 bits per heavy atom. The van der Waals surface area contributed by atoms with E-state index < -0.39 is 44.3 Å². The fraction of sp³-hybridized carbons (Fsp3) is 0.500. The normalized spacial score (nSPS) is 26.4. The van der Waals surface area contributed by atoms with Gasteiger partial charge in [-0.3, -0.25) is 9.59 Å². The first-order valence-corrected chi connectivity index (χ1v) is 7.61. The van der Waals surface area contributed by atoms with Crippen molar-refractivity contribution < 1.29 is 18.0 Å². The van der Waals surface area contributed by atoms with Gasteiger partial charge in [0, 0.05) is 0 Å². The molecule has 0 aromatic heterocycles. The second-order valence-corrected chi connectivity index (χ2v) is 7.16. The van der Waals surface area contributed by atoms with E-state index in [-0.39, 0.29) is 0 Å². The van der Waals surface area contributed by atoms with Crippen molar-refractivity contribution >= 4 is 21.8 Å². The summed E-state index contributed by atoms with van der Waals surface area (Å²) < 4.78 is 22.8. The van der Waals surface area contributed by atoms with Crippen LogP contribution in [0.5, 0.6) is 0 Å². The smallest absolute Gasteiger partial charge is 0.229 e. The lowest BCUT2D eigenvalue weighted by molar-refractivity contribution is -0.139. The van der Waals surface area contributed by atoms with Crippen molar-refractivity contribution in [1.29, 1.82) is 0 Å². The first-order valence-electron chi connectivity index (χ1n) is 5.90. The molecule has 8 heteroatoms. The second-order valence-electron chi connectivity index (χ2n) is 5.55. The third kappa shape index (κ3) is 2.75. The molecule has 2 unspecified atom stereocenters. The summed E-state index contributed by atoms with van der Waals surface area (Å²) in [6.07, 6.45) is 5.96. The van der Waals surface area contributed by atoms with Gasteiger partial charge >= 0.3 is 0 Å². The van der Waals surface area contributed by atoms with E-state index in [1.165, 1.54) is 32.1 Å². The van der Waals surface area contributed by atoms with Crippen LogP contribution in [0.3, 0.4) is 0 Å². The highest BCUT2D eigenvalue weighted by Crippen LogP contribution is 2.49. The molecule has 0 heterocycles. The highest BCUT2D eigenvalue weighted by molar-refractivity contribution is 7.89. The second kappa shape index (κ2) is 5.02. The van der Waals surface area contributed by atoms with Gasteiger partial charge in [-0.25, -0.2) is 13.6 Å². The fourth-order valence-electron chi connectivity index (χ4n) is 2.80. The minimum atomic E-state index is -3.87. The van der Waals surface area contributed by atoms with Gasteiger partial charge < -0.3 is 11.5 Å². The third-order valence-electron chi connectivity index (χ3n) is 3.66. The summed E-state index contributed by atoms with van der Waals surface area (Å²) >= 11 is 0. The molecule has 0 spiro atoms. The number of sulfonamides is 1. The molecule has 1 aliphatic rings. The van der Waals surface area contributed by atoms with Crippen molar-refractivity contribution in [3.05, 3.63) is 24.3 Å². The van der Waals surface area contributed by atoms with Crippen LogP contribution in [-0.2, 0) is 19.6 Å². The molecule has 0 aromatic rings. The lowest BCUT2D eigenvalue weighted by atomic mass is 9.57. The molecule has 112 valence electrons. The Kier molecular flexibility index (Phi) is 4.12. The molecular weight excluding hydrogens is 282 g/mol. The van der Waals surface area contributed by atoms with E-state index in [1.54, 1.807) is 6.08 Å². The highest BCUT2D eigenvalue weighted by Gasteiger charge is 2.56. The Hall–Kier alpha value is -1.67. The van der Waals surface area contributed by atoms with E-state index in [4.69, 9.17) is 16.6 Å². The van der Waals surface area contributed by atoms with Crippen molar-refractivity contribution in [2.75, 3.05) is 5.75 Å². The van der Waals surface area contributed by atoms with Crippen LogP contribution in [0.2, 0.25) is 0 Å². The number of nitrogens with two attached hydrogens (primary N) is 3. The molecule has 6 N–H and O–H groups in total. The molecule has 2 amide bonds. The molecular formula is C12H19N3O4S. The summed E-state index contributed by atoms with van der Waals surface area (Å²) in [7, 11) is -3.87. The Bertz CT molecular complexity index is 592. The van der Waals surface area contributed by atoms with Crippen LogP contribution < -0.4 is 16.6 Å². The highest BCUT2D eigenvalue weighted by atomic mass is 32.2. The molecule has 0 bridgehead atoms. The Labute approximate surface area is 117 Å². The number of hydrogen-bond donors (Lipinski definition) is 3. The summed E-state index contributed by atoms with van der Waals surface area (Å²) in [5.41, 5.74) is 8.05. The van der Waals surface area contributed by atoms with Crippen LogP contribution in [0.25, 0.3) is 0 Å². The quantitative estimate of drug-likeness (QED) is 0.597. The number of primary amides is 2. The van der Waals surface area contributed by atoms with Crippen molar-refractivity contribution in [2.45, 2.75) is 13.8 Å². The minimum absolute atomic E-state index is 0.509. The van der Waals surface area contributed by atoms with Gasteiger partial charge in [0.1, 0.15) is 0 Å². The maximum Gasteiger partial charge on any atom is 0.229 e. The maximum atomic E-state index is 12.0. The zero-order valence-electron chi connectivity index (χ0n) is 11.4. The van der Waals surface area contributed by atoms with Gasteiger partial charge in [0.2, 0.25) is 21.8 Å². The molecule has 0 radical (unpaired) electrons. The van der Waals surface area contributed by atoms with E-state index >= 15 is 0 Å². The Morgan fingerprint density at radius 1 is 1.25 bits per heavy atom. The first kappa shape index (κ1) is 16.4. The molecule has 0 aromatic carbocycles. The molecule has 20 heavy (non-hydrogen) atoms. The molecule has 7 nitrogen and oxygen atoms in total. The topological polar surface area (TPSA) is 146 Å². The predicted molar refractivity (Wildman–Crippen MR) is 74.3 cm³/mol. The van der Waals surface area contributed by atoms with Crippen LogP contribution in [0.15, 0.2) is 24.3 Å². The molecule has 1 aliphatic carbocycles. The number of rotatable bonds is 5. The zero-order valence-corrected chi connectivity index (χ0v) is 12.2. The Balaban J connectivity index is 3.49. The number of amides is 2.